The van der Waals surface area contributed by atoms with Crippen molar-refractivity contribution in [3.05, 3.63) is 66.2 Å². The quantitative estimate of drug-likeness (QED) is 0.558. The Kier molecular flexibility index (Phi) is 5.88. The lowest BCUT2D eigenvalue weighted by Gasteiger charge is -2.31. The van der Waals surface area contributed by atoms with Crippen molar-refractivity contribution < 1.29 is 4.79 Å². The van der Waals surface area contributed by atoms with E-state index in [0.717, 1.165) is 12.2 Å². The lowest BCUT2D eigenvalue weighted by Crippen LogP contribution is -2.35. The second kappa shape index (κ2) is 7.89. The second-order valence-electron chi connectivity index (χ2n) is 5.11. The largest absolute Gasteiger partial charge is 0.335 e. The van der Waals surface area contributed by atoms with E-state index in [-0.39, 0.29) is 12.1 Å². The lowest BCUT2D eigenvalue weighted by molar-refractivity contribution is -0.121. The summed E-state index contributed by atoms with van der Waals surface area (Å²) in [5.41, 5.74) is 1.17. The normalized spacial score (nSPS) is 13.4. The summed E-state index contributed by atoms with van der Waals surface area (Å²) in [4.78, 5) is 14.6. The molecule has 0 fully saturated rings. The van der Waals surface area contributed by atoms with Gasteiger partial charge in [-0.15, -0.1) is 11.8 Å². The SMILES string of the molecule is C[C@H](c1ccccc1)N(C=O)[C@@H](C)CSc1ccccc1. The van der Waals surface area contributed by atoms with Gasteiger partial charge in [-0.2, -0.15) is 0 Å². The van der Waals surface area contributed by atoms with Crippen LogP contribution in [0.1, 0.15) is 25.5 Å². The molecule has 0 saturated heterocycles. The van der Waals surface area contributed by atoms with E-state index in [9.17, 15) is 4.79 Å². The van der Waals surface area contributed by atoms with Crippen molar-refractivity contribution in [3.63, 3.8) is 0 Å². The molecule has 1 amide bonds. The molecule has 0 spiro atoms. The van der Waals surface area contributed by atoms with Crippen molar-refractivity contribution >= 4 is 18.2 Å². The Morgan fingerprint density at radius 3 is 2.14 bits per heavy atom. The monoisotopic (exact) mass is 299 g/mol. The summed E-state index contributed by atoms with van der Waals surface area (Å²) >= 11 is 1.78. The first-order valence-electron chi connectivity index (χ1n) is 7.18. The first-order valence-corrected chi connectivity index (χ1v) is 8.16. The minimum atomic E-state index is 0.0927. The number of benzene rings is 2. The van der Waals surface area contributed by atoms with Crippen LogP contribution in [-0.4, -0.2) is 23.1 Å². The van der Waals surface area contributed by atoms with Crippen molar-refractivity contribution in [1.29, 1.82) is 0 Å². The maximum absolute atomic E-state index is 11.5. The van der Waals surface area contributed by atoms with Gasteiger partial charge in [0.05, 0.1) is 6.04 Å². The molecular weight excluding hydrogens is 278 g/mol. The highest BCUT2D eigenvalue weighted by molar-refractivity contribution is 7.99. The molecule has 0 saturated carbocycles. The Morgan fingerprint density at radius 2 is 1.57 bits per heavy atom. The molecule has 2 aromatic rings. The average Bonchev–Trinajstić information content (AvgIpc) is 2.55. The Bertz CT molecular complexity index is 544. The van der Waals surface area contributed by atoms with Gasteiger partial charge in [0.25, 0.3) is 0 Å². The first kappa shape index (κ1) is 15.6. The maximum atomic E-state index is 11.5. The standard InChI is InChI=1S/C18H21NOS/c1-15(13-21-18-11-7-4-8-12-18)19(14-20)16(2)17-9-5-3-6-10-17/h3-12,14-16H,13H2,1-2H3/t15-,16+/m0/s1. The summed E-state index contributed by atoms with van der Waals surface area (Å²) in [7, 11) is 0. The molecule has 110 valence electrons. The predicted octanol–water partition coefficient (Wildman–Crippen LogP) is 4.39. The van der Waals surface area contributed by atoms with Crippen LogP contribution in [0.2, 0.25) is 0 Å². The number of nitrogens with zero attached hydrogens (tertiary/aromatic N) is 1. The van der Waals surface area contributed by atoms with Gasteiger partial charge in [-0.05, 0) is 31.5 Å². The van der Waals surface area contributed by atoms with E-state index >= 15 is 0 Å². The third-order valence-corrected chi connectivity index (χ3v) is 4.85. The molecule has 0 bridgehead atoms. The van der Waals surface area contributed by atoms with Crippen molar-refractivity contribution in [3.8, 4) is 0 Å². The zero-order valence-corrected chi connectivity index (χ0v) is 13.3. The highest BCUT2D eigenvalue weighted by Gasteiger charge is 2.19. The van der Waals surface area contributed by atoms with Crippen molar-refractivity contribution in [2.24, 2.45) is 0 Å². The van der Waals surface area contributed by atoms with Crippen LogP contribution < -0.4 is 0 Å². The van der Waals surface area contributed by atoms with Gasteiger partial charge in [0.2, 0.25) is 6.41 Å². The van der Waals surface area contributed by atoms with Gasteiger partial charge < -0.3 is 4.90 Å². The predicted molar refractivity (Wildman–Crippen MR) is 89.4 cm³/mol. The highest BCUT2D eigenvalue weighted by Crippen LogP contribution is 2.25. The topological polar surface area (TPSA) is 20.3 Å². The molecule has 0 aliphatic heterocycles. The van der Waals surface area contributed by atoms with E-state index in [2.05, 4.69) is 38.1 Å². The van der Waals surface area contributed by atoms with E-state index in [4.69, 9.17) is 0 Å². The molecule has 0 N–H and O–H groups in total. The van der Waals surface area contributed by atoms with Gasteiger partial charge in [-0.3, -0.25) is 4.79 Å². The lowest BCUT2D eigenvalue weighted by atomic mass is 10.1. The second-order valence-corrected chi connectivity index (χ2v) is 6.21. The van der Waals surface area contributed by atoms with Gasteiger partial charge in [0.1, 0.15) is 0 Å². The number of amides is 1. The van der Waals surface area contributed by atoms with Crippen LogP contribution in [0.15, 0.2) is 65.6 Å². The molecule has 2 rings (SSSR count). The third-order valence-electron chi connectivity index (χ3n) is 3.59. The summed E-state index contributed by atoms with van der Waals surface area (Å²) in [5, 5.41) is 0. The zero-order valence-electron chi connectivity index (χ0n) is 12.5. The van der Waals surface area contributed by atoms with Gasteiger partial charge in [0.15, 0.2) is 0 Å². The van der Waals surface area contributed by atoms with Crippen LogP contribution in [0.25, 0.3) is 0 Å². The van der Waals surface area contributed by atoms with E-state index in [1.165, 1.54) is 10.5 Å². The molecule has 0 radical (unpaired) electrons. The number of hydrogen-bond donors (Lipinski definition) is 0. The molecule has 0 aliphatic carbocycles. The van der Waals surface area contributed by atoms with E-state index in [1.807, 2.05) is 41.3 Å². The molecule has 0 aromatic heterocycles. The summed E-state index contributed by atoms with van der Waals surface area (Å²) in [6.45, 7) is 4.18. The third kappa shape index (κ3) is 4.36. The Balaban J connectivity index is 1.98. The summed E-state index contributed by atoms with van der Waals surface area (Å²) in [6, 6.07) is 20.7. The van der Waals surface area contributed by atoms with Crippen LogP contribution in [0, 0.1) is 0 Å². The number of carbonyl (C=O) groups is 1. The van der Waals surface area contributed by atoms with Crippen LogP contribution in [0.5, 0.6) is 0 Å². The Morgan fingerprint density at radius 1 is 1.00 bits per heavy atom. The molecule has 3 heteroatoms. The zero-order chi connectivity index (χ0) is 15.1. The first-order chi connectivity index (χ1) is 10.2. The molecule has 0 unspecified atom stereocenters. The maximum Gasteiger partial charge on any atom is 0.210 e. The number of thioether (sulfide) groups is 1. The summed E-state index contributed by atoms with van der Waals surface area (Å²) in [6.07, 6.45) is 0.966. The molecule has 2 aromatic carbocycles. The molecular formula is C18H21NOS. The number of carbonyl (C=O) groups excluding carboxylic acids is 1. The summed E-state index contributed by atoms with van der Waals surface area (Å²) < 4.78 is 0. The Hall–Kier alpha value is -1.74. The van der Waals surface area contributed by atoms with Crippen molar-refractivity contribution in [2.75, 3.05) is 5.75 Å². The van der Waals surface area contributed by atoms with Crippen LogP contribution >= 0.6 is 11.8 Å². The molecule has 2 atom stereocenters. The van der Waals surface area contributed by atoms with Gasteiger partial charge in [0, 0.05) is 16.7 Å². The van der Waals surface area contributed by atoms with Gasteiger partial charge >= 0.3 is 0 Å². The average molecular weight is 299 g/mol. The fraction of sp³-hybridized carbons (Fsp3) is 0.278. The molecule has 0 heterocycles. The van der Waals surface area contributed by atoms with E-state index < -0.39 is 0 Å². The van der Waals surface area contributed by atoms with Crippen LogP contribution in [0.4, 0.5) is 0 Å². The van der Waals surface area contributed by atoms with E-state index in [1.54, 1.807) is 11.8 Å². The van der Waals surface area contributed by atoms with Crippen LogP contribution in [0.3, 0.4) is 0 Å². The minimum absolute atomic E-state index is 0.0927. The minimum Gasteiger partial charge on any atom is -0.335 e. The summed E-state index contributed by atoms with van der Waals surface area (Å²) in [5.74, 6) is 0.889. The number of rotatable bonds is 7. The molecule has 0 aliphatic rings. The van der Waals surface area contributed by atoms with E-state index in [0.29, 0.717) is 0 Å². The van der Waals surface area contributed by atoms with Gasteiger partial charge in [-0.1, -0.05) is 48.5 Å². The Labute approximate surface area is 131 Å². The van der Waals surface area contributed by atoms with Crippen LogP contribution in [-0.2, 0) is 4.79 Å². The molecule has 2 nitrogen and oxygen atoms in total. The molecule has 21 heavy (non-hydrogen) atoms. The highest BCUT2D eigenvalue weighted by atomic mass is 32.2. The fourth-order valence-electron chi connectivity index (χ4n) is 2.30. The smallest absolute Gasteiger partial charge is 0.210 e. The van der Waals surface area contributed by atoms with Crippen molar-refractivity contribution in [1.82, 2.24) is 4.90 Å². The fourth-order valence-corrected chi connectivity index (χ4v) is 3.26. The number of hydrogen-bond acceptors (Lipinski definition) is 2. The van der Waals surface area contributed by atoms with Crippen molar-refractivity contribution in [2.45, 2.75) is 30.8 Å². The van der Waals surface area contributed by atoms with Gasteiger partial charge in [-0.25, -0.2) is 0 Å².